The van der Waals surface area contributed by atoms with Gasteiger partial charge in [0.05, 0.1) is 19.3 Å². The summed E-state index contributed by atoms with van der Waals surface area (Å²) in [4.78, 5) is 4.38. The highest BCUT2D eigenvalue weighted by atomic mass is 16.5. The van der Waals surface area contributed by atoms with Gasteiger partial charge in [0, 0.05) is 5.56 Å². The summed E-state index contributed by atoms with van der Waals surface area (Å²) in [5.74, 6) is 1.10. The van der Waals surface area contributed by atoms with Crippen molar-refractivity contribution in [2.75, 3.05) is 0 Å². The van der Waals surface area contributed by atoms with Crippen LogP contribution >= 0.6 is 0 Å². The minimum atomic E-state index is -0.153. The van der Waals surface area contributed by atoms with Gasteiger partial charge in [-0.15, -0.1) is 0 Å². The zero-order valence-corrected chi connectivity index (χ0v) is 10.9. The molecule has 0 amide bonds. The summed E-state index contributed by atoms with van der Waals surface area (Å²) in [6.45, 7) is 3.42. The molecule has 0 radical (unpaired) electrons. The van der Waals surface area contributed by atoms with Crippen LogP contribution in [0.25, 0.3) is 11.5 Å². The average Bonchev–Trinajstić information content (AvgIpc) is 3.07. The van der Waals surface area contributed by atoms with Crippen LogP contribution in [0, 0.1) is 0 Å². The normalized spacial score (nSPS) is 15.5. The van der Waals surface area contributed by atoms with Gasteiger partial charge >= 0.3 is 0 Å². The largest absolute Gasteiger partial charge is 0.372 e. The predicted molar refractivity (Wildman–Crippen MR) is 70.1 cm³/mol. The number of rotatable bonds is 4. The summed E-state index contributed by atoms with van der Waals surface area (Å²) in [6, 6.07) is 5.93. The molecule has 100 valence electrons. The molecule has 1 unspecified atom stereocenters. The molecule has 1 aliphatic rings. The maximum atomic E-state index is 5.98. The van der Waals surface area contributed by atoms with E-state index in [0.29, 0.717) is 24.9 Å². The van der Waals surface area contributed by atoms with E-state index in [1.54, 1.807) is 0 Å². The Labute approximate surface area is 111 Å². The van der Waals surface area contributed by atoms with E-state index in [2.05, 4.69) is 17.1 Å². The Hall–Kier alpha value is -1.72. The van der Waals surface area contributed by atoms with Crippen LogP contribution in [0.15, 0.2) is 22.7 Å². The lowest BCUT2D eigenvalue weighted by molar-refractivity contribution is 0.134. The SMILES string of the molecule is CCCC(N)c1noc(-c2ccc3c(c2)COC3)n1. The highest BCUT2D eigenvalue weighted by Crippen LogP contribution is 2.26. The lowest BCUT2D eigenvalue weighted by atomic mass is 10.1. The van der Waals surface area contributed by atoms with Gasteiger partial charge in [0.15, 0.2) is 5.82 Å². The van der Waals surface area contributed by atoms with Gasteiger partial charge < -0.3 is 15.0 Å². The number of nitrogens with two attached hydrogens (primary N) is 1. The van der Waals surface area contributed by atoms with Crippen LogP contribution in [-0.4, -0.2) is 10.1 Å². The molecule has 0 aliphatic carbocycles. The summed E-state index contributed by atoms with van der Waals surface area (Å²) < 4.78 is 10.7. The second-order valence-electron chi connectivity index (χ2n) is 4.83. The molecule has 1 aromatic carbocycles. The van der Waals surface area contributed by atoms with Crippen LogP contribution in [0.1, 0.15) is 42.8 Å². The molecule has 5 nitrogen and oxygen atoms in total. The van der Waals surface area contributed by atoms with E-state index < -0.39 is 0 Å². The van der Waals surface area contributed by atoms with Crippen LogP contribution in [0.4, 0.5) is 0 Å². The zero-order valence-electron chi connectivity index (χ0n) is 10.9. The first-order valence-corrected chi connectivity index (χ1v) is 6.57. The van der Waals surface area contributed by atoms with Crippen molar-refractivity contribution in [3.63, 3.8) is 0 Å². The summed E-state index contributed by atoms with van der Waals surface area (Å²) in [6.07, 6.45) is 1.86. The number of hydrogen-bond donors (Lipinski definition) is 1. The topological polar surface area (TPSA) is 74.2 Å². The first-order chi connectivity index (χ1) is 9.28. The molecule has 2 N–H and O–H groups in total. The molecular weight excluding hydrogens is 242 g/mol. The third-order valence-electron chi connectivity index (χ3n) is 3.34. The van der Waals surface area contributed by atoms with Gasteiger partial charge in [-0.2, -0.15) is 4.98 Å². The van der Waals surface area contributed by atoms with E-state index >= 15 is 0 Å². The summed E-state index contributed by atoms with van der Waals surface area (Å²) in [7, 11) is 0. The van der Waals surface area contributed by atoms with Crippen molar-refractivity contribution >= 4 is 0 Å². The smallest absolute Gasteiger partial charge is 0.257 e. The van der Waals surface area contributed by atoms with Crippen molar-refractivity contribution in [3.8, 4) is 11.5 Å². The number of fused-ring (bicyclic) bond motifs is 1. The molecule has 5 heteroatoms. The number of aromatic nitrogens is 2. The van der Waals surface area contributed by atoms with Crippen molar-refractivity contribution in [1.29, 1.82) is 0 Å². The Morgan fingerprint density at radius 2 is 2.16 bits per heavy atom. The number of benzene rings is 1. The Kier molecular flexibility index (Phi) is 3.31. The van der Waals surface area contributed by atoms with E-state index in [0.717, 1.165) is 18.4 Å². The third-order valence-corrected chi connectivity index (χ3v) is 3.34. The maximum absolute atomic E-state index is 5.98. The zero-order chi connectivity index (χ0) is 13.2. The molecule has 0 saturated carbocycles. The van der Waals surface area contributed by atoms with Gasteiger partial charge in [0.2, 0.25) is 0 Å². The first kappa shape index (κ1) is 12.3. The minimum absolute atomic E-state index is 0.153. The molecule has 0 saturated heterocycles. The van der Waals surface area contributed by atoms with Gasteiger partial charge in [-0.25, -0.2) is 0 Å². The molecule has 1 atom stereocenters. The standard InChI is InChI=1S/C14H17N3O2/c1-2-3-12(15)13-16-14(19-17-13)9-4-5-10-7-18-8-11(10)6-9/h4-6,12H,2-3,7-8,15H2,1H3. The molecule has 0 bridgehead atoms. The Morgan fingerprint density at radius 1 is 1.32 bits per heavy atom. The summed E-state index contributed by atoms with van der Waals surface area (Å²) in [5, 5.41) is 3.96. The van der Waals surface area contributed by atoms with Crippen molar-refractivity contribution in [2.45, 2.75) is 39.0 Å². The monoisotopic (exact) mass is 259 g/mol. The average molecular weight is 259 g/mol. The molecule has 1 aromatic heterocycles. The fraction of sp³-hybridized carbons (Fsp3) is 0.429. The van der Waals surface area contributed by atoms with Gasteiger partial charge in [0.25, 0.3) is 5.89 Å². The van der Waals surface area contributed by atoms with Crippen molar-refractivity contribution < 1.29 is 9.26 Å². The Balaban J connectivity index is 1.86. The lowest BCUT2D eigenvalue weighted by Crippen LogP contribution is -2.11. The Bertz CT molecular complexity index is 580. The van der Waals surface area contributed by atoms with Crippen molar-refractivity contribution in [2.24, 2.45) is 5.73 Å². The van der Waals surface area contributed by atoms with Crippen molar-refractivity contribution in [1.82, 2.24) is 10.1 Å². The molecule has 0 spiro atoms. The van der Waals surface area contributed by atoms with E-state index in [4.69, 9.17) is 15.0 Å². The molecule has 19 heavy (non-hydrogen) atoms. The van der Waals surface area contributed by atoms with E-state index in [1.165, 1.54) is 11.1 Å². The highest BCUT2D eigenvalue weighted by molar-refractivity contribution is 5.56. The van der Waals surface area contributed by atoms with Gasteiger partial charge in [0.1, 0.15) is 0 Å². The van der Waals surface area contributed by atoms with E-state index in [1.807, 2.05) is 18.2 Å². The first-order valence-electron chi connectivity index (χ1n) is 6.57. The van der Waals surface area contributed by atoms with Gasteiger partial charge in [-0.05, 0) is 29.7 Å². The second-order valence-corrected chi connectivity index (χ2v) is 4.83. The lowest BCUT2D eigenvalue weighted by Gasteiger charge is -2.02. The van der Waals surface area contributed by atoms with Crippen LogP contribution in [0.5, 0.6) is 0 Å². The second kappa shape index (κ2) is 5.11. The molecule has 2 aromatic rings. The molecule has 3 rings (SSSR count). The van der Waals surface area contributed by atoms with Crippen LogP contribution in [-0.2, 0) is 18.0 Å². The molecule has 2 heterocycles. The van der Waals surface area contributed by atoms with E-state index in [9.17, 15) is 0 Å². The maximum Gasteiger partial charge on any atom is 0.257 e. The van der Waals surface area contributed by atoms with E-state index in [-0.39, 0.29) is 6.04 Å². The highest BCUT2D eigenvalue weighted by Gasteiger charge is 2.17. The quantitative estimate of drug-likeness (QED) is 0.913. The minimum Gasteiger partial charge on any atom is -0.372 e. The number of nitrogens with zero attached hydrogens (tertiary/aromatic N) is 2. The molecule has 1 aliphatic heterocycles. The number of hydrogen-bond acceptors (Lipinski definition) is 5. The fourth-order valence-electron chi connectivity index (χ4n) is 2.25. The summed E-state index contributed by atoms with van der Waals surface area (Å²) in [5.41, 5.74) is 9.32. The van der Waals surface area contributed by atoms with Gasteiger partial charge in [-0.1, -0.05) is 24.6 Å². The molecular formula is C14H17N3O2. The predicted octanol–water partition coefficient (Wildman–Crippen LogP) is 2.57. The summed E-state index contributed by atoms with van der Waals surface area (Å²) >= 11 is 0. The Morgan fingerprint density at radius 3 is 3.00 bits per heavy atom. The fourth-order valence-corrected chi connectivity index (χ4v) is 2.25. The third kappa shape index (κ3) is 2.39. The van der Waals surface area contributed by atoms with Crippen LogP contribution in [0.2, 0.25) is 0 Å². The van der Waals surface area contributed by atoms with Gasteiger partial charge in [-0.3, -0.25) is 0 Å². The molecule has 0 fully saturated rings. The number of ether oxygens (including phenoxy) is 1. The van der Waals surface area contributed by atoms with Crippen LogP contribution < -0.4 is 5.73 Å². The van der Waals surface area contributed by atoms with Crippen LogP contribution in [0.3, 0.4) is 0 Å². The van der Waals surface area contributed by atoms with Crippen molar-refractivity contribution in [3.05, 3.63) is 35.2 Å².